The number of unbranched alkanes of at least 4 members (excludes halogenated alkanes) is 5. The number of carboxylic acid groups (broad SMARTS) is 1. The summed E-state index contributed by atoms with van der Waals surface area (Å²) in [6.07, 6.45) is 7.90. The Morgan fingerprint density at radius 1 is 1.00 bits per heavy atom. The van der Waals surface area contributed by atoms with Gasteiger partial charge in [0.05, 0.1) is 5.69 Å². The summed E-state index contributed by atoms with van der Waals surface area (Å²) in [6, 6.07) is 9.90. The molecule has 2 aromatic rings. The molecule has 5 heteroatoms. The fourth-order valence-corrected chi connectivity index (χ4v) is 2.72. The van der Waals surface area contributed by atoms with Gasteiger partial charge in [0.15, 0.2) is 0 Å². The van der Waals surface area contributed by atoms with E-state index in [4.69, 9.17) is 5.11 Å². The van der Waals surface area contributed by atoms with Gasteiger partial charge in [-0.25, -0.2) is 4.79 Å². The molecule has 0 spiro atoms. The summed E-state index contributed by atoms with van der Waals surface area (Å²) in [7, 11) is 0. The number of carboxylic acids is 1. The van der Waals surface area contributed by atoms with Crippen molar-refractivity contribution < 1.29 is 9.90 Å². The topological polar surface area (TPSA) is 75.1 Å². The maximum absolute atomic E-state index is 11.9. The fraction of sp³-hybridized carbons (Fsp3) is 0.444. The van der Waals surface area contributed by atoms with Crippen LogP contribution in [0.1, 0.15) is 44.9 Å². The minimum absolute atomic E-state index is 0.0645. The molecule has 0 aliphatic carbocycles. The van der Waals surface area contributed by atoms with E-state index in [0.29, 0.717) is 6.54 Å². The van der Waals surface area contributed by atoms with Crippen LogP contribution < -0.4 is 5.69 Å². The molecule has 2 N–H and O–H groups in total. The zero-order chi connectivity index (χ0) is 16.5. The van der Waals surface area contributed by atoms with Crippen molar-refractivity contribution in [3.8, 4) is 11.3 Å². The molecule has 0 amide bonds. The van der Waals surface area contributed by atoms with E-state index in [-0.39, 0.29) is 12.1 Å². The van der Waals surface area contributed by atoms with Gasteiger partial charge in [0.25, 0.3) is 0 Å². The van der Waals surface area contributed by atoms with Gasteiger partial charge in [-0.1, -0.05) is 56.0 Å². The number of carbonyl (C=O) groups is 1. The Morgan fingerprint density at radius 3 is 2.35 bits per heavy atom. The number of hydrogen-bond donors (Lipinski definition) is 2. The number of aromatic nitrogens is 2. The summed E-state index contributed by atoms with van der Waals surface area (Å²) in [5.41, 5.74) is 1.90. The molecule has 0 aliphatic heterocycles. The molecule has 23 heavy (non-hydrogen) atoms. The van der Waals surface area contributed by atoms with E-state index in [1.54, 1.807) is 10.8 Å². The second-order valence-corrected chi connectivity index (χ2v) is 5.76. The molecule has 0 unspecified atom stereocenters. The van der Waals surface area contributed by atoms with E-state index in [2.05, 4.69) is 4.98 Å². The van der Waals surface area contributed by atoms with Crippen molar-refractivity contribution in [3.05, 3.63) is 47.0 Å². The van der Waals surface area contributed by atoms with Gasteiger partial charge in [-0.3, -0.25) is 9.36 Å². The molecule has 0 saturated carbocycles. The smallest absolute Gasteiger partial charge is 0.325 e. The molecule has 1 heterocycles. The van der Waals surface area contributed by atoms with Crippen molar-refractivity contribution in [1.82, 2.24) is 9.55 Å². The van der Waals surface area contributed by atoms with Crippen LogP contribution in [0.5, 0.6) is 0 Å². The average Bonchev–Trinajstić information content (AvgIpc) is 2.91. The van der Waals surface area contributed by atoms with Crippen molar-refractivity contribution in [2.24, 2.45) is 0 Å². The van der Waals surface area contributed by atoms with E-state index in [0.717, 1.165) is 49.8 Å². The fourth-order valence-electron chi connectivity index (χ4n) is 2.72. The van der Waals surface area contributed by atoms with Crippen molar-refractivity contribution in [2.45, 2.75) is 51.5 Å². The molecule has 0 fully saturated rings. The molecular weight excluding hydrogens is 292 g/mol. The van der Waals surface area contributed by atoms with Crippen LogP contribution in [0, 0.1) is 0 Å². The van der Waals surface area contributed by atoms with Gasteiger partial charge in [-0.05, 0) is 18.4 Å². The van der Waals surface area contributed by atoms with Gasteiger partial charge < -0.3 is 10.1 Å². The first-order valence-electron chi connectivity index (χ1n) is 8.24. The third-order valence-corrected chi connectivity index (χ3v) is 3.96. The van der Waals surface area contributed by atoms with Crippen LogP contribution in [-0.2, 0) is 11.3 Å². The van der Waals surface area contributed by atoms with Crippen LogP contribution in [0.25, 0.3) is 11.3 Å². The Morgan fingerprint density at radius 2 is 1.65 bits per heavy atom. The first kappa shape index (κ1) is 17.1. The highest BCUT2D eigenvalue weighted by molar-refractivity contribution is 5.66. The normalized spacial score (nSPS) is 10.8. The number of imidazole rings is 1. The Balaban J connectivity index is 1.75. The molecule has 5 nitrogen and oxygen atoms in total. The summed E-state index contributed by atoms with van der Waals surface area (Å²) in [4.78, 5) is 25.1. The molecule has 0 saturated heterocycles. The van der Waals surface area contributed by atoms with Crippen LogP contribution in [0.3, 0.4) is 0 Å². The second-order valence-electron chi connectivity index (χ2n) is 5.76. The van der Waals surface area contributed by atoms with Crippen LogP contribution in [0.2, 0.25) is 0 Å². The predicted octanol–water partition coefficient (Wildman–Crippen LogP) is 3.66. The SMILES string of the molecule is O=C(O)CCCCCCCCn1c(-c2ccccc2)c[nH]c1=O. The lowest BCUT2D eigenvalue weighted by molar-refractivity contribution is -0.137. The first-order chi connectivity index (χ1) is 11.2. The van der Waals surface area contributed by atoms with E-state index < -0.39 is 5.97 Å². The Kier molecular flexibility index (Phi) is 6.66. The summed E-state index contributed by atoms with van der Waals surface area (Å²) in [5, 5.41) is 8.57. The number of benzene rings is 1. The van der Waals surface area contributed by atoms with Gasteiger partial charge >= 0.3 is 11.7 Å². The number of nitrogens with one attached hydrogen (secondary N) is 1. The largest absolute Gasteiger partial charge is 0.481 e. The number of H-pyrrole nitrogens is 1. The molecular formula is C18H24N2O3. The second kappa shape index (κ2) is 8.98. The quantitative estimate of drug-likeness (QED) is 0.657. The lowest BCUT2D eigenvalue weighted by Gasteiger charge is -2.07. The van der Waals surface area contributed by atoms with E-state index in [9.17, 15) is 9.59 Å². The molecule has 0 atom stereocenters. The maximum Gasteiger partial charge on any atom is 0.325 e. The molecule has 0 radical (unpaired) electrons. The van der Waals surface area contributed by atoms with Crippen molar-refractivity contribution in [3.63, 3.8) is 0 Å². The highest BCUT2D eigenvalue weighted by Gasteiger charge is 2.07. The third kappa shape index (κ3) is 5.43. The standard InChI is InChI=1S/C18H24N2O3/c21-17(22)12-8-3-1-2-4-9-13-20-16(14-19-18(20)23)15-10-6-5-7-11-15/h5-7,10-11,14H,1-4,8-9,12-13H2,(H,19,23)(H,21,22). The Hall–Kier alpha value is -2.30. The van der Waals surface area contributed by atoms with Gasteiger partial charge in [0.2, 0.25) is 0 Å². The van der Waals surface area contributed by atoms with E-state index in [1.165, 1.54) is 0 Å². The van der Waals surface area contributed by atoms with Crippen LogP contribution in [-0.4, -0.2) is 20.6 Å². The van der Waals surface area contributed by atoms with Gasteiger partial charge in [0, 0.05) is 19.2 Å². The van der Waals surface area contributed by atoms with E-state index >= 15 is 0 Å². The Bertz CT molecular complexity index is 658. The van der Waals surface area contributed by atoms with Gasteiger partial charge in [-0.2, -0.15) is 0 Å². The highest BCUT2D eigenvalue weighted by atomic mass is 16.4. The number of aliphatic carboxylic acids is 1. The number of rotatable bonds is 10. The van der Waals surface area contributed by atoms with Crippen molar-refractivity contribution >= 4 is 5.97 Å². The summed E-state index contributed by atoms with van der Waals surface area (Å²) in [5.74, 6) is -0.717. The lowest BCUT2D eigenvalue weighted by atomic mass is 10.1. The van der Waals surface area contributed by atoms with E-state index in [1.807, 2.05) is 30.3 Å². The third-order valence-electron chi connectivity index (χ3n) is 3.96. The minimum atomic E-state index is -0.717. The van der Waals surface area contributed by atoms with Gasteiger partial charge in [-0.15, -0.1) is 0 Å². The zero-order valence-corrected chi connectivity index (χ0v) is 13.3. The van der Waals surface area contributed by atoms with Crippen LogP contribution >= 0.6 is 0 Å². The Labute approximate surface area is 136 Å². The molecule has 124 valence electrons. The van der Waals surface area contributed by atoms with Crippen molar-refractivity contribution in [2.75, 3.05) is 0 Å². The summed E-state index contributed by atoms with van der Waals surface area (Å²) in [6.45, 7) is 0.710. The molecule has 0 bridgehead atoms. The summed E-state index contributed by atoms with van der Waals surface area (Å²) < 4.78 is 1.79. The molecule has 2 rings (SSSR count). The lowest BCUT2D eigenvalue weighted by Crippen LogP contribution is -2.17. The zero-order valence-electron chi connectivity index (χ0n) is 13.3. The van der Waals surface area contributed by atoms with Crippen LogP contribution in [0.15, 0.2) is 41.3 Å². The molecule has 1 aromatic heterocycles. The monoisotopic (exact) mass is 316 g/mol. The number of nitrogens with zero attached hydrogens (tertiary/aromatic N) is 1. The van der Waals surface area contributed by atoms with Gasteiger partial charge in [0.1, 0.15) is 0 Å². The number of hydrogen-bond acceptors (Lipinski definition) is 2. The minimum Gasteiger partial charge on any atom is -0.481 e. The van der Waals surface area contributed by atoms with Crippen molar-refractivity contribution in [1.29, 1.82) is 0 Å². The van der Waals surface area contributed by atoms with Crippen LogP contribution in [0.4, 0.5) is 0 Å². The average molecular weight is 316 g/mol. The molecule has 0 aliphatic rings. The first-order valence-corrected chi connectivity index (χ1v) is 8.24. The molecule has 1 aromatic carbocycles. The summed E-state index contributed by atoms with van der Waals surface area (Å²) >= 11 is 0. The number of aromatic amines is 1. The highest BCUT2D eigenvalue weighted by Crippen LogP contribution is 2.17. The predicted molar refractivity (Wildman–Crippen MR) is 90.4 cm³/mol. The maximum atomic E-state index is 11.9.